The van der Waals surface area contributed by atoms with Gasteiger partial charge in [0.1, 0.15) is 17.0 Å². The topological polar surface area (TPSA) is 95.2 Å². The second kappa shape index (κ2) is 10.3. The Hall–Kier alpha value is -3.72. The molecule has 0 radical (unpaired) electrons. The second-order valence-corrected chi connectivity index (χ2v) is 8.43. The molecule has 35 heavy (non-hydrogen) atoms. The lowest BCUT2D eigenvalue weighted by Crippen LogP contribution is -2.64. The number of hydrogen-bond acceptors (Lipinski definition) is 6. The van der Waals surface area contributed by atoms with Crippen LogP contribution < -0.4 is 19.7 Å². The van der Waals surface area contributed by atoms with E-state index in [0.717, 1.165) is 5.69 Å². The minimum absolute atomic E-state index is 0.239. The average Bonchev–Trinajstić information content (AvgIpc) is 3.53. The van der Waals surface area contributed by atoms with Gasteiger partial charge in [-0.1, -0.05) is 0 Å². The molecule has 0 bridgehead atoms. The van der Waals surface area contributed by atoms with E-state index in [1.807, 2.05) is 23.6 Å². The van der Waals surface area contributed by atoms with Gasteiger partial charge < -0.3 is 28.5 Å². The van der Waals surface area contributed by atoms with Crippen LogP contribution in [0, 0.1) is 0 Å². The van der Waals surface area contributed by atoms with Crippen LogP contribution in [0.5, 0.6) is 11.5 Å². The van der Waals surface area contributed by atoms with Crippen molar-refractivity contribution in [1.82, 2.24) is 9.88 Å². The normalized spacial score (nSPS) is 17.3. The van der Waals surface area contributed by atoms with Crippen LogP contribution in [0.4, 0.5) is 5.69 Å². The van der Waals surface area contributed by atoms with Gasteiger partial charge in [-0.15, -0.1) is 0 Å². The zero-order chi connectivity index (χ0) is 25.0. The number of nitrogens with zero attached hydrogens (tertiary/aromatic N) is 2. The third-order valence-electron chi connectivity index (χ3n) is 6.21. The van der Waals surface area contributed by atoms with Crippen LogP contribution in [0.1, 0.15) is 30.8 Å². The number of hydrogen-bond donors (Lipinski definition) is 1. The molecule has 2 aromatic heterocycles. The summed E-state index contributed by atoms with van der Waals surface area (Å²) in [4.78, 5) is 29.1. The number of amides is 2. The van der Waals surface area contributed by atoms with E-state index in [2.05, 4.69) is 5.32 Å². The Morgan fingerprint density at radius 1 is 1.11 bits per heavy atom. The SMILES string of the molecule is CCOCCCNC(=O)[C@@]1(C)Cn2c(ccc2-c2ccco2)C(=O)N1c1ccc(OC)c(OC)c1. The number of furan rings is 1. The summed E-state index contributed by atoms with van der Waals surface area (Å²) in [6.07, 6.45) is 2.26. The van der Waals surface area contributed by atoms with E-state index in [9.17, 15) is 9.59 Å². The maximum absolute atomic E-state index is 13.9. The first-order valence-corrected chi connectivity index (χ1v) is 11.6. The number of benzene rings is 1. The third-order valence-corrected chi connectivity index (χ3v) is 6.21. The molecular weight excluding hydrogens is 450 g/mol. The summed E-state index contributed by atoms with van der Waals surface area (Å²) in [5, 5.41) is 2.99. The first kappa shape index (κ1) is 24.4. The van der Waals surface area contributed by atoms with E-state index in [4.69, 9.17) is 18.6 Å². The fourth-order valence-electron chi connectivity index (χ4n) is 4.43. The number of methoxy groups -OCH3 is 2. The number of ether oxygens (including phenoxy) is 3. The Bertz CT molecular complexity index is 1190. The van der Waals surface area contributed by atoms with Crippen molar-refractivity contribution in [3.63, 3.8) is 0 Å². The molecule has 1 aromatic carbocycles. The van der Waals surface area contributed by atoms with Crippen LogP contribution in [-0.2, 0) is 16.1 Å². The van der Waals surface area contributed by atoms with E-state index in [-0.39, 0.29) is 18.4 Å². The highest BCUT2D eigenvalue weighted by Crippen LogP contribution is 2.39. The predicted octanol–water partition coefficient (Wildman–Crippen LogP) is 3.73. The van der Waals surface area contributed by atoms with Crippen LogP contribution in [0.25, 0.3) is 11.5 Å². The Labute approximate surface area is 204 Å². The highest BCUT2D eigenvalue weighted by atomic mass is 16.5. The van der Waals surface area contributed by atoms with Gasteiger partial charge >= 0.3 is 0 Å². The van der Waals surface area contributed by atoms with Gasteiger partial charge in [-0.2, -0.15) is 0 Å². The first-order chi connectivity index (χ1) is 16.9. The Kier molecular flexibility index (Phi) is 7.16. The zero-order valence-electron chi connectivity index (χ0n) is 20.5. The van der Waals surface area contributed by atoms with Gasteiger partial charge in [0.2, 0.25) is 5.91 Å². The molecule has 3 aromatic rings. The van der Waals surface area contributed by atoms with Crippen molar-refractivity contribution in [2.45, 2.75) is 32.4 Å². The van der Waals surface area contributed by atoms with E-state index in [1.54, 1.807) is 50.6 Å². The van der Waals surface area contributed by atoms with Crippen molar-refractivity contribution in [1.29, 1.82) is 0 Å². The summed E-state index contributed by atoms with van der Waals surface area (Å²) in [5.74, 6) is 1.07. The number of fused-ring (bicyclic) bond motifs is 1. The molecule has 1 aliphatic rings. The minimum Gasteiger partial charge on any atom is -0.493 e. The molecule has 4 rings (SSSR count). The monoisotopic (exact) mass is 481 g/mol. The number of carbonyl (C=O) groups is 2. The molecule has 9 heteroatoms. The average molecular weight is 482 g/mol. The molecule has 0 spiro atoms. The molecule has 0 fully saturated rings. The van der Waals surface area contributed by atoms with Crippen molar-refractivity contribution in [2.24, 2.45) is 0 Å². The summed E-state index contributed by atoms with van der Waals surface area (Å²) in [6.45, 7) is 5.55. The number of nitrogens with one attached hydrogen (secondary N) is 1. The molecule has 3 heterocycles. The van der Waals surface area contributed by atoms with Gasteiger partial charge in [-0.3, -0.25) is 14.5 Å². The molecule has 1 N–H and O–H groups in total. The number of aromatic nitrogens is 1. The molecule has 0 unspecified atom stereocenters. The highest BCUT2D eigenvalue weighted by molar-refractivity contribution is 6.12. The Balaban J connectivity index is 1.75. The molecule has 0 saturated heterocycles. The summed E-state index contributed by atoms with van der Waals surface area (Å²) in [7, 11) is 3.08. The molecule has 0 aliphatic carbocycles. The van der Waals surface area contributed by atoms with Crippen LogP contribution in [0.15, 0.2) is 53.1 Å². The van der Waals surface area contributed by atoms with Gasteiger partial charge in [0.05, 0.1) is 32.7 Å². The maximum Gasteiger partial charge on any atom is 0.275 e. The molecular formula is C26H31N3O6. The van der Waals surface area contributed by atoms with E-state index in [1.165, 1.54) is 12.0 Å². The van der Waals surface area contributed by atoms with Gasteiger partial charge in [0, 0.05) is 31.5 Å². The Morgan fingerprint density at radius 3 is 2.57 bits per heavy atom. The third kappa shape index (κ3) is 4.51. The maximum atomic E-state index is 13.9. The number of carbonyl (C=O) groups excluding carboxylic acids is 2. The molecule has 9 nitrogen and oxygen atoms in total. The van der Waals surface area contributed by atoms with Crippen LogP contribution >= 0.6 is 0 Å². The fraction of sp³-hybridized carbons (Fsp3) is 0.385. The van der Waals surface area contributed by atoms with Crippen LogP contribution in [0.3, 0.4) is 0 Å². The van der Waals surface area contributed by atoms with Gasteiger partial charge in [-0.05, 0) is 56.7 Å². The first-order valence-electron chi connectivity index (χ1n) is 11.6. The molecule has 0 saturated carbocycles. The van der Waals surface area contributed by atoms with Gasteiger partial charge in [-0.25, -0.2) is 0 Å². The van der Waals surface area contributed by atoms with E-state index in [0.29, 0.717) is 54.8 Å². The second-order valence-electron chi connectivity index (χ2n) is 8.43. The predicted molar refractivity (Wildman–Crippen MR) is 131 cm³/mol. The highest BCUT2D eigenvalue weighted by Gasteiger charge is 2.49. The number of rotatable bonds is 10. The lowest BCUT2D eigenvalue weighted by Gasteiger charge is -2.44. The quantitative estimate of drug-likeness (QED) is 0.444. The van der Waals surface area contributed by atoms with Crippen LogP contribution in [0.2, 0.25) is 0 Å². The standard InChI is InChI=1S/C26H31N3O6/c1-5-34-14-7-13-27-25(31)26(2)17-28-19(21-8-6-15-35-21)10-11-20(28)24(30)29(26)18-9-12-22(32-3)23(16-18)33-4/h6,8-12,15-16H,5,7,13-14,17H2,1-4H3,(H,27,31)/t26-/m1/s1. The molecule has 186 valence electrons. The zero-order valence-corrected chi connectivity index (χ0v) is 20.5. The molecule has 1 atom stereocenters. The minimum atomic E-state index is -1.23. The summed E-state index contributed by atoms with van der Waals surface area (Å²) < 4.78 is 23.6. The van der Waals surface area contributed by atoms with Gasteiger partial charge in [0.15, 0.2) is 11.5 Å². The van der Waals surface area contributed by atoms with Crippen molar-refractivity contribution >= 4 is 17.5 Å². The lowest BCUT2D eigenvalue weighted by atomic mass is 9.93. The molecule has 1 aliphatic heterocycles. The Morgan fingerprint density at radius 2 is 1.89 bits per heavy atom. The van der Waals surface area contributed by atoms with E-state index < -0.39 is 5.54 Å². The van der Waals surface area contributed by atoms with Crippen molar-refractivity contribution in [3.8, 4) is 23.0 Å². The fourth-order valence-corrected chi connectivity index (χ4v) is 4.43. The number of anilines is 1. The van der Waals surface area contributed by atoms with Crippen molar-refractivity contribution in [3.05, 3.63) is 54.4 Å². The van der Waals surface area contributed by atoms with Crippen molar-refractivity contribution < 1.29 is 28.2 Å². The largest absolute Gasteiger partial charge is 0.493 e. The summed E-state index contributed by atoms with van der Waals surface area (Å²) in [6, 6.07) is 12.4. The van der Waals surface area contributed by atoms with Gasteiger partial charge in [0.25, 0.3) is 5.91 Å². The van der Waals surface area contributed by atoms with Crippen molar-refractivity contribution in [2.75, 3.05) is 38.9 Å². The summed E-state index contributed by atoms with van der Waals surface area (Å²) >= 11 is 0. The van der Waals surface area contributed by atoms with E-state index >= 15 is 0 Å². The lowest BCUT2D eigenvalue weighted by molar-refractivity contribution is -0.126. The smallest absolute Gasteiger partial charge is 0.275 e. The summed E-state index contributed by atoms with van der Waals surface area (Å²) in [5.41, 5.74) is 0.510. The van der Waals surface area contributed by atoms with Crippen LogP contribution in [-0.4, -0.2) is 55.9 Å². The molecule has 2 amide bonds.